The molecule has 106 valence electrons. The molecule has 0 aromatic carbocycles. The van der Waals surface area contributed by atoms with Crippen molar-refractivity contribution in [3.8, 4) is 0 Å². The minimum absolute atomic E-state index is 0.000355. The molecule has 0 aliphatic carbocycles. The molecule has 1 saturated heterocycles. The van der Waals surface area contributed by atoms with E-state index in [1.165, 1.54) is 0 Å². The Morgan fingerprint density at radius 3 is 2.89 bits per heavy atom. The number of rotatable bonds is 5. The van der Waals surface area contributed by atoms with Gasteiger partial charge in [0.15, 0.2) is 0 Å². The molecule has 5 heteroatoms. The maximum Gasteiger partial charge on any atom is 0.246 e. The molecule has 0 aromatic rings. The van der Waals surface area contributed by atoms with E-state index in [9.17, 15) is 9.59 Å². The number of carbonyl (C=O) groups excluding carboxylic acids is 2. The number of piperidine rings is 1. The Labute approximate surface area is 114 Å². The second kappa shape index (κ2) is 8.48. The molecule has 2 amide bonds. The van der Waals surface area contributed by atoms with Crippen LogP contribution in [0.2, 0.25) is 0 Å². The maximum absolute atomic E-state index is 11.9. The fraction of sp³-hybridized carbons (Fsp3) is 0.571. The first-order chi connectivity index (χ1) is 9.19. The molecule has 0 bridgehead atoms. The Morgan fingerprint density at radius 2 is 2.21 bits per heavy atom. The highest BCUT2D eigenvalue weighted by atomic mass is 16.2. The van der Waals surface area contributed by atoms with Gasteiger partial charge in [0.1, 0.15) is 0 Å². The molecule has 1 atom stereocenters. The molecule has 1 heterocycles. The molecule has 1 unspecified atom stereocenters. The summed E-state index contributed by atoms with van der Waals surface area (Å²) in [5, 5.41) is 2.78. The van der Waals surface area contributed by atoms with E-state index < -0.39 is 0 Å². The van der Waals surface area contributed by atoms with Gasteiger partial charge in [0, 0.05) is 32.3 Å². The predicted octanol–water partition coefficient (Wildman–Crippen LogP) is 0.432. The molecule has 0 aromatic heterocycles. The van der Waals surface area contributed by atoms with Crippen LogP contribution in [-0.2, 0) is 9.59 Å². The van der Waals surface area contributed by atoms with E-state index in [1.807, 2.05) is 19.1 Å². The number of nitrogens with one attached hydrogen (secondary N) is 1. The van der Waals surface area contributed by atoms with Crippen molar-refractivity contribution in [3.63, 3.8) is 0 Å². The van der Waals surface area contributed by atoms with Crippen molar-refractivity contribution < 1.29 is 9.59 Å². The van der Waals surface area contributed by atoms with Crippen molar-refractivity contribution in [2.45, 2.75) is 19.8 Å². The summed E-state index contributed by atoms with van der Waals surface area (Å²) in [6.45, 7) is 4.04. The fourth-order valence-corrected chi connectivity index (χ4v) is 2.09. The first-order valence-electron chi connectivity index (χ1n) is 6.75. The maximum atomic E-state index is 11.9. The minimum atomic E-state index is -0.112. The molecule has 19 heavy (non-hydrogen) atoms. The fourth-order valence-electron chi connectivity index (χ4n) is 2.09. The summed E-state index contributed by atoms with van der Waals surface area (Å²) in [5.41, 5.74) is 5.36. The first kappa shape index (κ1) is 15.4. The van der Waals surface area contributed by atoms with Gasteiger partial charge in [-0.2, -0.15) is 0 Å². The summed E-state index contributed by atoms with van der Waals surface area (Å²) < 4.78 is 0. The Kier molecular flexibility index (Phi) is 6.89. The summed E-state index contributed by atoms with van der Waals surface area (Å²) in [4.78, 5) is 25.5. The number of hydrogen-bond donors (Lipinski definition) is 2. The van der Waals surface area contributed by atoms with Crippen molar-refractivity contribution in [3.05, 3.63) is 24.3 Å². The quantitative estimate of drug-likeness (QED) is 0.559. The van der Waals surface area contributed by atoms with Crippen LogP contribution in [0.3, 0.4) is 0 Å². The molecule has 0 saturated carbocycles. The van der Waals surface area contributed by atoms with E-state index in [-0.39, 0.29) is 17.7 Å². The third-order valence-electron chi connectivity index (χ3n) is 3.09. The summed E-state index contributed by atoms with van der Waals surface area (Å²) in [6, 6.07) is 0. The van der Waals surface area contributed by atoms with Crippen LogP contribution in [0.1, 0.15) is 19.8 Å². The summed E-state index contributed by atoms with van der Waals surface area (Å²) in [6.07, 6.45) is 8.64. The Balaban J connectivity index is 2.49. The number of nitrogens with zero attached hydrogens (tertiary/aromatic N) is 1. The summed E-state index contributed by atoms with van der Waals surface area (Å²) in [7, 11) is 0. The molecule has 0 radical (unpaired) electrons. The lowest BCUT2D eigenvalue weighted by Gasteiger charge is -2.31. The number of hydrogen-bond acceptors (Lipinski definition) is 3. The van der Waals surface area contributed by atoms with Crippen molar-refractivity contribution in [1.82, 2.24) is 10.2 Å². The average molecular weight is 265 g/mol. The van der Waals surface area contributed by atoms with Gasteiger partial charge in [-0.1, -0.05) is 18.2 Å². The van der Waals surface area contributed by atoms with E-state index >= 15 is 0 Å². The summed E-state index contributed by atoms with van der Waals surface area (Å²) in [5.74, 6) is -0.144. The van der Waals surface area contributed by atoms with Crippen LogP contribution >= 0.6 is 0 Å². The minimum Gasteiger partial charge on any atom is -0.355 e. The molecule has 1 aliphatic rings. The smallest absolute Gasteiger partial charge is 0.246 e. The Hall–Kier alpha value is -1.62. The van der Waals surface area contributed by atoms with Crippen molar-refractivity contribution in [2.75, 3.05) is 26.2 Å². The molecule has 1 aliphatic heterocycles. The average Bonchev–Trinajstić information content (AvgIpc) is 2.45. The third kappa shape index (κ3) is 5.26. The van der Waals surface area contributed by atoms with Crippen LogP contribution < -0.4 is 11.1 Å². The molecular formula is C14H23N3O2. The number of likely N-dealkylation sites (tertiary alicyclic amines) is 1. The lowest BCUT2D eigenvalue weighted by molar-refractivity contribution is -0.132. The first-order valence-corrected chi connectivity index (χ1v) is 6.75. The van der Waals surface area contributed by atoms with E-state index in [2.05, 4.69) is 5.32 Å². The zero-order valence-electron chi connectivity index (χ0n) is 11.5. The monoisotopic (exact) mass is 265 g/mol. The molecule has 1 rings (SSSR count). The topological polar surface area (TPSA) is 75.4 Å². The van der Waals surface area contributed by atoms with Gasteiger partial charge in [-0.05, 0) is 19.8 Å². The highest BCUT2D eigenvalue weighted by Crippen LogP contribution is 2.16. The number of amides is 2. The van der Waals surface area contributed by atoms with Gasteiger partial charge >= 0.3 is 0 Å². The largest absolute Gasteiger partial charge is 0.355 e. The van der Waals surface area contributed by atoms with Crippen LogP contribution in [0.15, 0.2) is 24.3 Å². The zero-order chi connectivity index (χ0) is 14.1. The van der Waals surface area contributed by atoms with Crippen molar-refractivity contribution in [1.29, 1.82) is 0 Å². The Morgan fingerprint density at radius 1 is 1.42 bits per heavy atom. The van der Waals surface area contributed by atoms with Gasteiger partial charge in [-0.15, -0.1) is 0 Å². The standard InChI is InChI=1S/C14H23N3O2/c1-2-3-4-7-13(18)17-10-5-6-12(11-17)14(19)16-9-8-15/h2-4,7,12H,5-6,8-11,15H2,1H3,(H,16,19). The number of nitrogens with two attached hydrogens (primary N) is 1. The van der Waals surface area contributed by atoms with E-state index in [0.29, 0.717) is 19.6 Å². The molecule has 1 fully saturated rings. The van der Waals surface area contributed by atoms with Crippen LogP contribution in [-0.4, -0.2) is 42.9 Å². The lowest BCUT2D eigenvalue weighted by Crippen LogP contribution is -2.45. The number of allylic oxidation sites excluding steroid dienone is 3. The van der Waals surface area contributed by atoms with Crippen LogP contribution in [0.4, 0.5) is 0 Å². The molecular weight excluding hydrogens is 242 g/mol. The highest BCUT2D eigenvalue weighted by molar-refractivity contribution is 5.88. The second-order valence-corrected chi connectivity index (χ2v) is 4.59. The van der Waals surface area contributed by atoms with Crippen LogP contribution in [0, 0.1) is 5.92 Å². The highest BCUT2D eigenvalue weighted by Gasteiger charge is 2.27. The normalized spacial score (nSPS) is 20.1. The SMILES string of the molecule is CC=CC=CC(=O)N1CCCC(C(=O)NCCN)C1. The zero-order valence-corrected chi connectivity index (χ0v) is 11.5. The van der Waals surface area contributed by atoms with E-state index in [1.54, 1.807) is 17.1 Å². The molecule has 3 N–H and O–H groups in total. The van der Waals surface area contributed by atoms with Crippen molar-refractivity contribution in [2.24, 2.45) is 11.7 Å². The van der Waals surface area contributed by atoms with E-state index in [0.717, 1.165) is 19.4 Å². The summed E-state index contributed by atoms with van der Waals surface area (Å²) >= 11 is 0. The van der Waals surface area contributed by atoms with Gasteiger partial charge in [0.05, 0.1) is 5.92 Å². The van der Waals surface area contributed by atoms with E-state index in [4.69, 9.17) is 5.73 Å². The molecule has 0 spiro atoms. The Bertz CT molecular complexity index is 364. The lowest BCUT2D eigenvalue weighted by atomic mass is 9.97. The van der Waals surface area contributed by atoms with Gasteiger partial charge in [0.25, 0.3) is 0 Å². The van der Waals surface area contributed by atoms with Crippen LogP contribution in [0.25, 0.3) is 0 Å². The van der Waals surface area contributed by atoms with Gasteiger partial charge < -0.3 is 16.0 Å². The number of carbonyl (C=O) groups is 2. The third-order valence-corrected chi connectivity index (χ3v) is 3.09. The molecule has 5 nitrogen and oxygen atoms in total. The second-order valence-electron chi connectivity index (χ2n) is 4.59. The predicted molar refractivity (Wildman–Crippen MR) is 75.3 cm³/mol. The van der Waals surface area contributed by atoms with Crippen LogP contribution in [0.5, 0.6) is 0 Å². The van der Waals surface area contributed by atoms with Gasteiger partial charge in [-0.25, -0.2) is 0 Å². The van der Waals surface area contributed by atoms with Gasteiger partial charge in [-0.3, -0.25) is 9.59 Å². The van der Waals surface area contributed by atoms with Crippen molar-refractivity contribution >= 4 is 11.8 Å². The van der Waals surface area contributed by atoms with Gasteiger partial charge in [0.2, 0.25) is 11.8 Å².